The molecule has 0 aliphatic rings. The SMILES string of the molecule is NC(=O)C[C@@H](Cc1cccs1)C(N)=O. The Balaban J connectivity index is 2.60. The van der Waals surface area contributed by atoms with Crippen LogP contribution in [0.2, 0.25) is 0 Å². The number of amides is 2. The molecule has 0 aliphatic carbocycles. The highest BCUT2D eigenvalue weighted by molar-refractivity contribution is 7.09. The predicted molar refractivity (Wildman–Crippen MR) is 54.5 cm³/mol. The molecule has 1 atom stereocenters. The Kier molecular flexibility index (Phi) is 3.64. The van der Waals surface area contributed by atoms with E-state index in [1.54, 1.807) is 0 Å². The van der Waals surface area contributed by atoms with Crippen molar-refractivity contribution < 1.29 is 9.59 Å². The van der Waals surface area contributed by atoms with Gasteiger partial charge in [0.1, 0.15) is 0 Å². The smallest absolute Gasteiger partial charge is 0.221 e. The van der Waals surface area contributed by atoms with Crippen molar-refractivity contribution in [2.75, 3.05) is 0 Å². The zero-order valence-electron chi connectivity index (χ0n) is 7.60. The quantitative estimate of drug-likeness (QED) is 0.733. The van der Waals surface area contributed by atoms with E-state index in [9.17, 15) is 9.59 Å². The molecule has 2 amide bonds. The first-order chi connectivity index (χ1) is 6.59. The van der Waals surface area contributed by atoms with Gasteiger partial charge in [-0.3, -0.25) is 9.59 Å². The van der Waals surface area contributed by atoms with Crippen molar-refractivity contribution in [3.63, 3.8) is 0 Å². The Morgan fingerprint density at radius 1 is 1.43 bits per heavy atom. The average molecular weight is 212 g/mol. The molecule has 0 saturated heterocycles. The molecule has 4 N–H and O–H groups in total. The normalized spacial score (nSPS) is 12.3. The minimum atomic E-state index is -0.495. The second-order valence-corrected chi connectivity index (χ2v) is 4.09. The van der Waals surface area contributed by atoms with Crippen molar-refractivity contribution in [3.8, 4) is 0 Å². The maximum atomic E-state index is 11.0. The van der Waals surface area contributed by atoms with Crippen LogP contribution in [0.1, 0.15) is 11.3 Å². The summed E-state index contributed by atoms with van der Waals surface area (Å²) in [7, 11) is 0. The fourth-order valence-electron chi connectivity index (χ4n) is 1.19. The van der Waals surface area contributed by atoms with Gasteiger partial charge >= 0.3 is 0 Å². The second kappa shape index (κ2) is 4.76. The van der Waals surface area contributed by atoms with Crippen LogP contribution >= 0.6 is 11.3 Å². The Morgan fingerprint density at radius 2 is 2.14 bits per heavy atom. The molecule has 0 aromatic carbocycles. The van der Waals surface area contributed by atoms with Gasteiger partial charge in [-0.2, -0.15) is 0 Å². The van der Waals surface area contributed by atoms with Gasteiger partial charge in [0, 0.05) is 11.3 Å². The molecule has 1 aromatic heterocycles. The summed E-state index contributed by atoms with van der Waals surface area (Å²) >= 11 is 1.54. The fraction of sp³-hybridized carbons (Fsp3) is 0.333. The molecule has 0 fully saturated rings. The van der Waals surface area contributed by atoms with Crippen LogP contribution in [0.4, 0.5) is 0 Å². The van der Waals surface area contributed by atoms with Gasteiger partial charge in [-0.25, -0.2) is 0 Å². The Bertz CT molecular complexity index is 322. The van der Waals surface area contributed by atoms with Crippen LogP contribution in [0.15, 0.2) is 17.5 Å². The zero-order valence-corrected chi connectivity index (χ0v) is 8.42. The van der Waals surface area contributed by atoms with E-state index in [2.05, 4.69) is 0 Å². The van der Waals surface area contributed by atoms with Crippen LogP contribution in [0.5, 0.6) is 0 Å². The highest BCUT2D eigenvalue weighted by Gasteiger charge is 2.18. The molecule has 0 radical (unpaired) electrons. The van der Waals surface area contributed by atoms with E-state index >= 15 is 0 Å². The molecule has 1 heterocycles. The molecule has 1 rings (SSSR count). The fourth-order valence-corrected chi connectivity index (χ4v) is 1.97. The van der Waals surface area contributed by atoms with Crippen LogP contribution in [0.3, 0.4) is 0 Å². The Morgan fingerprint density at radius 3 is 2.57 bits per heavy atom. The average Bonchev–Trinajstić information content (AvgIpc) is 2.54. The van der Waals surface area contributed by atoms with Crippen molar-refractivity contribution in [3.05, 3.63) is 22.4 Å². The van der Waals surface area contributed by atoms with E-state index in [4.69, 9.17) is 11.5 Å². The third-order valence-electron chi connectivity index (χ3n) is 1.88. The van der Waals surface area contributed by atoms with Crippen LogP contribution < -0.4 is 11.5 Å². The van der Waals surface area contributed by atoms with Gasteiger partial charge in [-0.1, -0.05) is 6.07 Å². The van der Waals surface area contributed by atoms with Gasteiger partial charge in [0.15, 0.2) is 0 Å². The summed E-state index contributed by atoms with van der Waals surface area (Å²) < 4.78 is 0. The van der Waals surface area contributed by atoms with Gasteiger partial charge in [0.05, 0.1) is 5.92 Å². The lowest BCUT2D eigenvalue weighted by Gasteiger charge is -2.09. The van der Waals surface area contributed by atoms with Crippen LogP contribution in [0.25, 0.3) is 0 Å². The van der Waals surface area contributed by atoms with Gasteiger partial charge in [0.25, 0.3) is 0 Å². The summed E-state index contributed by atoms with van der Waals surface area (Å²) in [6.45, 7) is 0. The van der Waals surface area contributed by atoms with E-state index < -0.39 is 17.7 Å². The highest BCUT2D eigenvalue weighted by atomic mass is 32.1. The van der Waals surface area contributed by atoms with Gasteiger partial charge in [-0.15, -0.1) is 11.3 Å². The molecule has 0 spiro atoms. The number of hydrogen-bond acceptors (Lipinski definition) is 3. The van der Waals surface area contributed by atoms with Crippen molar-refractivity contribution in [2.45, 2.75) is 12.8 Å². The molecule has 0 bridgehead atoms. The topological polar surface area (TPSA) is 86.2 Å². The summed E-state index contributed by atoms with van der Waals surface area (Å²) in [5.74, 6) is -1.45. The molecule has 14 heavy (non-hydrogen) atoms. The number of primary amides is 2. The molecule has 76 valence electrons. The third kappa shape index (κ3) is 3.18. The van der Waals surface area contributed by atoms with Gasteiger partial charge in [-0.05, 0) is 17.9 Å². The van der Waals surface area contributed by atoms with E-state index in [1.807, 2.05) is 17.5 Å². The van der Waals surface area contributed by atoms with Crippen molar-refractivity contribution in [2.24, 2.45) is 17.4 Å². The minimum absolute atomic E-state index is 0.0211. The first-order valence-electron chi connectivity index (χ1n) is 4.19. The van der Waals surface area contributed by atoms with E-state index in [0.717, 1.165) is 4.88 Å². The van der Waals surface area contributed by atoms with E-state index in [-0.39, 0.29) is 6.42 Å². The first-order valence-corrected chi connectivity index (χ1v) is 5.07. The monoisotopic (exact) mass is 212 g/mol. The molecule has 5 heteroatoms. The second-order valence-electron chi connectivity index (χ2n) is 3.05. The van der Waals surface area contributed by atoms with Gasteiger partial charge in [0.2, 0.25) is 11.8 Å². The van der Waals surface area contributed by atoms with E-state index in [0.29, 0.717) is 6.42 Å². The van der Waals surface area contributed by atoms with Crippen molar-refractivity contribution in [1.29, 1.82) is 0 Å². The van der Waals surface area contributed by atoms with E-state index in [1.165, 1.54) is 11.3 Å². The summed E-state index contributed by atoms with van der Waals surface area (Å²) in [6, 6.07) is 3.80. The minimum Gasteiger partial charge on any atom is -0.370 e. The first kappa shape index (κ1) is 10.7. The van der Waals surface area contributed by atoms with Crippen molar-refractivity contribution in [1.82, 2.24) is 0 Å². The maximum absolute atomic E-state index is 11.0. The van der Waals surface area contributed by atoms with Crippen LogP contribution in [0, 0.1) is 5.92 Å². The Hall–Kier alpha value is -1.36. The number of hydrogen-bond donors (Lipinski definition) is 2. The predicted octanol–water partition coefficient (Wildman–Crippen LogP) is 0.267. The number of rotatable bonds is 5. The molecule has 4 nitrogen and oxygen atoms in total. The molecule has 0 unspecified atom stereocenters. The summed E-state index contributed by atoms with van der Waals surface area (Å²) in [5.41, 5.74) is 10.2. The lowest BCUT2D eigenvalue weighted by Crippen LogP contribution is -2.29. The van der Waals surface area contributed by atoms with Crippen LogP contribution in [-0.4, -0.2) is 11.8 Å². The summed E-state index contributed by atoms with van der Waals surface area (Å²) in [5, 5.41) is 1.91. The lowest BCUT2D eigenvalue weighted by atomic mass is 9.99. The largest absolute Gasteiger partial charge is 0.370 e. The maximum Gasteiger partial charge on any atom is 0.221 e. The zero-order chi connectivity index (χ0) is 10.6. The number of nitrogens with two attached hydrogens (primary N) is 2. The van der Waals surface area contributed by atoms with Gasteiger partial charge < -0.3 is 11.5 Å². The number of thiophene rings is 1. The summed E-state index contributed by atoms with van der Waals surface area (Å²) in [4.78, 5) is 22.7. The molecule has 0 saturated carbocycles. The standard InChI is InChI=1S/C9H12N2O2S/c10-8(12)5-6(9(11)13)4-7-2-1-3-14-7/h1-3,6H,4-5H2,(H2,10,12)(H2,11,13)/t6-/m1/s1. The number of carbonyl (C=O) groups excluding carboxylic acids is 2. The lowest BCUT2D eigenvalue weighted by molar-refractivity contribution is -0.126. The Labute approximate surface area is 85.9 Å². The van der Waals surface area contributed by atoms with Crippen molar-refractivity contribution >= 4 is 23.2 Å². The van der Waals surface area contributed by atoms with Crippen LogP contribution in [-0.2, 0) is 16.0 Å². The molecular weight excluding hydrogens is 200 g/mol. The summed E-state index contributed by atoms with van der Waals surface area (Å²) in [6.07, 6.45) is 0.517. The molecular formula is C9H12N2O2S. The molecule has 1 aromatic rings. The highest BCUT2D eigenvalue weighted by Crippen LogP contribution is 2.16. The molecule has 0 aliphatic heterocycles. The third-order valence-corrected chi connectivity index (χ3v) is 2.78. The number of carbonyl (C=O) groups is 2.